The molecule has 0 aromatic rings. The smallest absolute Gasteiger partial charge is 0.306 e. The number of aliphatic carboxylic acids is 3. The van der Waals surface area contributed by atoms with E-state index in [1.807, 2.05) is 0 Å². The molecule has 0 unspecified atom stereocenters. The molecule has 0 fully saturated rings. The SMILES string of the molecule is C[C@@H](CCCCNC(=O)CC[C@H](CC(=O)CCOCCOCCOCCOCCCC(=O)CCCCCCCCC(=O)O)C(=O)O)C(=O)O. The third kappa shape index (κ3) is 32.0. The predicted octanol–water partition coefficient (Wildman–Crippen LogP) is 4.45. The molecule has 0 rings (SSSR count). The fourth-order valence-corrected chi connectivity index (χ4v) is 4.76. The van der Waals surface area contributed by atoms with Crippen molar-refractivity contribution in [3.05, 3.63) is 0 Å². The van der Waals surface area contributed by atoms with Crippen LogP contribution in [0.15, 0.2) is 0 Å². The van der Waals surface area contributed by atoms with E-state index >= 15 is 0 Å². The summed E-state index contributed by atoms with van der Waals surface area (Å²) in [6.07, 6.45) is 9.32. The second-order valence-corrected chi connectivity index (χ2v) is 12.3. The lowest BCUT2D eigenvalue weighted by atomic mass is 9.96. The van der Waals surface area contributed by atoms with Gasteiger partial charge in [0, 0.05) is 51.7 Å². The van der Waals surface area contributed by atoms with E-state index in [1.54, 1.807) is 6.92 Å². The van der Waals surface area contributed by atoms with Crippen molar-refractivity contribution in [2.45, 2.75) is 116 Å². The van der Waals surface area contributed by atoms with E-state index in [4.69, 9.17) is 29.2 Å². The van der Waals surface area contributed by atoms with Crippen LogP contribution in [-0.2, 0) is 47.7 Å². The number of carboxylic acid groups (broad SMARTS) is 3. The maximum absolute atomic E-state index is 12.2. The van der Waals surface area contributed by atoms with Crippen LogP contribution in [0.1, 0.15) is 116 Å². The van der Waals surface area contributed by atoms with Gasteiger partial charge in [-0.05, 0) is 38.5 Å². The van der Waals surface area contributed by atoms with Crippen LogP contribution >= 0.6 is 0 Å². The molecule has 4 N–H and O–H groups in total. The van der Waals surface area contributed by atoms with Gasteiger partial charge in [-0.2, -0.15) is 0 Å². The Morgan fingerprint density at radius 2 is 1.04 bits per heavy atom. The van der Waals surface area contributed by atoms with Gasteiger partial charge in [0.05, 0.1) is 58.1 Å². The van der Waals surface area contributed by atoms with Crippen molar-refractivity contribution in [1.82, 2.24) is 5.32 Å². The number of carboxylic acids is 3. The zero-order chi connectivity index (χ0) is 36.5. The lowest BCUT2D eigenvalue weighted by molar-refractivity contribution is -0.144. The first kappa shape index (κ1) is 46.1. The maximum Gasteiger partial charge on any atom is 0.306 e. The molecule has 0 aromatic carbocycles. The number of nitrogens with one attached hydrogen (secondary N) is 1. The Labute approximate surface area is 291 Å². The van der Waals surface area contributed by atoms with Crippen LogP contribution in [0.2, 0.25) is 0 Å². The molecule has 0 aliphatic heterocycles. The summed E-state index contributed by atoms with van der Waals surface area (Å²) in [4.78, 5) is 69.0. The first-order valence-corrected chi connectivity index (χ1v) is 17.8. The highest BCUT2D eigenvalue weighted by Gasteiger charge is 2.22. The molecule has 1 amide bonds. The van der Waals surface area contributed by atoms with Crippen LogP contribution < -0.4 is 5.32 Å². The standard InChI is InChI=1S/C35H61NO13/c1-28(34(42)43)11-8-9-18-36-32(39)16-15-29(35(44)45)27-31(38)17-20-47-22-24-49-26-25-48-23-21-46-19-10-13-30(37)12-6-4-2-3-5-7-14-33(40)41/h28-29H,2-27H2,1H3,(H,36,39)(H,40,41)(H,42,43)(H,44,45)/t28-,29+/m0/s1. The van der Waals surface area contributed by atoms with Gasteiger partial charge in [0.25, 0.3) is 0 Å². The zero-order valence-corrected chi connectivity index (χ0v) is 29.5. The second-order valence-electron chi connectivity index (χ2n) is 12.3. The highest BCUT2D eigenvalue weighted by Crippen LogP contribution is 2.14. The monoisotopic (exact) mass is 703 g/mol. The largest absolute Gasteiger partial charge is 0.481 e. The predicted molar refractivity (Wildman–Crippen MR) is 180 cm³/mol. The van der Waals surface area contributed by atoms with Gasteiger partial charge in [-0.15, -0.1) is 0 Å². The fraction of sp³-hybridized carbons (Fsp3) is 0.829. The van der Waals surface area contributed by atoms with Crippen molar-refractivity contribution in [1.29, 1.82) is 0 Å². The summed E-state index contributed by atoms with van der Waals surface area (Å²) in [6, 6.07) is 0. The summed E-state index contributed by atoms with van der Waals surface area (Å²) >= 11 is 0. The molecule has 284 valence electrons. The van der Waals surface area contributed by atoms with E-state index in [9.17, 15) is 33.9 Å². The molecule has 0 heterocycles. The molecule has 0 aromatic heterocycles. The van der Waals surface area contributed by atoms with E-state index in [-0.39, 0.29) is 62.8 Å². The van der Waals surface area contributed by atoms with Crippen LogP contribution in [0.25, 0.3) is 0 Å². The Balaban J connectivity index is 3.59. The van der Waals surface area contributed by atoms with Crippen LogP contribution in [-0.4, -0.2) is 110 Å². The number of ether oxygens (including phenoxy) is 4. The number of Topliss-reactive ketones (excluding diaryl/α,β-unsaturated/α-hetero) is 2. The summed E-state index contributed by atoms with van der Waals surface area (Å²) in [5.41, 5.74) is 0. The molecular weight excluding hydrogens is 642 g/mol. The fourth-order valence-electron chi connectivity index (χ4n) is 4.76. The van der Waals surface area contributed by atoms with Crippen molar-refractivity contribution >= 4 is 35.4 Å². The minimum atomic E-state index is -1.12. The Kier molecular flexibility index (Phi) is 30.3. The molecular formula is C35H61NO13. The molecule has 0 saturated heterocycles. The molecule has 0 bridgehead atoms. The number of carbonyl (C=O) groups is 6. The highest BCUT2D eigenvalue weighted by atomic mass is 16.6. The Bertz CT molecular complexity index is 927. The molecule has 14 heteroatoms. The number of amides is 1. The van der Waals surface area contributed by atoms with Gasteiger partial charge in [-0.3, -0.25) is 28.8 Å². The third-order valence-corrected chi connectivity index (χ3v) is 7.83. The van der Waals surface area contributed by atoms with Gasteiger partial charge in [0.15, 0.2) is 0 Å². The number of hydrogen-bond acceptors (Lipinski definition) is 10. The van der Waals surface area contributed by atoms with Gasteiger partial charge in [-0.25, -0.2) is 0 Å². The van der Waals surface area contributed by atoms with Gasteiger partial charge >= 0.3 is 17.9 Å². The highest BCUT2D eigenvalue weighted by molar-refractivity contribution is 5.84. The number of ketones is 2. The Hall–Kier alpha value is -2.94. The van der Waals surface area contributed by atoms with E-state index in [0.717, 1.165) is 32.1 Å². The van der Waals surface area contributed by atoms with Gasteiger partial charge in [0.2, 0.25) is 5.91 Å². The number of unbranched alkanes of at least 4 members (excludes halogenated alkanes) is 6. The number of hydrogen-bond donors (Lipinski definition) is 4. The van der Waals surface area contributed by atoms with Crippen molar-refractivity contribution < 1.29 is 63.0 Å². The van der Waals surface area contributed by atoms with Gasteiger partial charge in [0.1, 0.15) is 11.6 Å². The van der Waals surface area contributed by atoms with E-state index < -0.39 is 29.7 Å². The van der Waals surface area contributed by atoms with Crippen molar-refractivity contribution in [3.63, 3.8) is 0 Å². The summed E-state index contributed by atoms with van der Waals surface area (Å²) in [5.74, 6) is -4.41. The van der Waals surface area contributed by atoms with Crippen LogP contribution in [0.3, 0.4) is 0 Å². The third-order valence-electron chi connectivity index (χ3n) is 7.83. The molecule has 14 nitrogen and oxygen atoms in total. The van der Waals surface area contributed by atoms with Crippen LogP contribution in [0.5, 0.6) is 0 Å². The molecule has 0 aliphatic rings. The summed E-state index contributed by atoms with van der Waals surface area (Å²) in [5, 5.41) is 29.6. The van der Waals surface area contributed by atoms with Crippen molar-refractivity contribution in [3.8, 4) is 0 Å². The Morgan fingerprint density at radius 1 is 0.510 bits per heavy atom. The summed E-state index contributed by atoms with van der Waals surface area (Å²) in [6.45, 7) is 4.88. The van der Waals surface area contributed by atoms with Gasteiger partial charge in [-0.1, -0.05) is 39.0 Å². The molecule has 0 saturated carbocycles. The second kappa shape index (κ2) is 32.3. The van der Waals surface area contributed by atoms with E-state index in [0.29, 0.717) is 91.1 Å². The molecule has 0 radical (unpaired) electrons. The van der Waals surface area contributed by atoms with E-state index in [2.05, 4.69) is 5.32 Å². The lowest BCUT2D eigenvalue weighted by Crippen LogP contribution is -2.27. The topological polar surface area (TPSA) is 212 Å². The first-order valence-electron chi connectivity index (χ1n) is 17.8. The lowest BCUT2D eigenvalue weighted by Gasteiger charge is -2.12. The number of carbonyl (C=O) groups excluding carboxylic acids is 3. The van der Waals surface area contributed by atoms with Crippen molar-refractivity contribution in [2.75, 3.05) is 59.4 Å². The molecule has 0 aliphatic carbocycles. The average molecular weight is 704 g/mol. The summed E-state index contributed by atoms with van der Waals surface area (Å²) < 4.78 is 21.8. The molecule has 0 spiro atoms. The zero-order valence-electron chi connectivity index (χ0n) is 29.5. The number of rotatable bonds is 37. The van der Waals surface area contributed by atoms with Crippen molar-refractivity contribution in [2.24, 2.45) is 11.8 Å². The first-order chi connectivity index (χ1) is 23.5. The average Bonchev–Trinajstić information content (AvgIpc) is 3.05. The molecule has 2 atom stereocenters. The minimum absolute atomic E-state index is 0.00809. The Morgan fingerprint density at radius 3 is 1.61 bits per heavy atom. The quantitative estimate of drug-likeness (QED) is 0.0660. The van der Waals surface area contributed by atoms with Crippen LogP contribution in [0.4, 0.5) is 0 Å². The van der Waals surface area contributed by atoms with Gasteiger partial charge < -0.3 is 39.6 Å². The molecule has 49 heavy (non-hydrogen) atoms. The maximum atomic E-state index is 12.2. The minimum Gasteiger partial charge on any atom is -0.481 e. The normalized spacial score (nSPS) is 12.3. The van der Waals surface area contributed by atoms with Crippen LogP contribution in [0, 0.1) is 11.8 Å². The van der Waals surface area contributed by atoms with E-state index in [1.165, 1.54) is 0 Å². The summed E-state index contributed by atoms with van der Waals surface area (Å²) in [7, 11) is 0.